The molecule has 2 aromatic heterocycles. The molecule has 0 saturated carbocycles. The highest BCUT2D eigenvalue weighted by Crippen LogP contribution is 2.38. The number of aromatic amines is 1. The van der Waals surface area contributed by atoms with Crippen LogP contribution in [0.15, 0.2) is 54.4 Å². The molecule has 1 saturated heterocycles. The quantitative estimate of drug-likeness (QED) is 0.357. The summed E-state index contributed by atoms with van der Waals surface area (Å²) < 4.78 is 7.43. The van der Waals surface area contributed by atoms with Gasteiger partial charge in [-0.3, -0.25) is 14.3 Å². The van der Waals surface area contributed by atoms with Gasteiger partial charge in [0, 0.05) is 27.5 Å². The number of nitriles is 2. The molecule has 1 fully saturated rings. The van der Waals surface area contributed by atoms with Crippen LogP contribution in [-0.2, 0) is 4.74 Å². The van der Waals surface area contributed by atoms with Crippen LogP contribution in [0.5, 0.6) is 0 Å². The number of aliphatic hydroxyl groups excluding tert-OH is 2. The second kappa shape index (κ2) is 10.0. The first-order valence-corrected chi connectivity index (χ1v) is 11.8. The minimum Gasteiger partial charge on any atom is -0.394 e. The first-order chi connectivity index (χ1) is 16.8. The zero-order valence-electron chi connectivity index (χ0n) is 17.8. The number of nitrogens with one attached hydrogen (secondary N) is 1. The van der Waals surface area contributed by atoms with E-state index in [0.29, 0.717) is 0 Å². The van der Waals surface area contributed by atoms with Crippen LogP contribution in [0.2, 0.25) is 0 Å². The topological polar surface area (TPSA) is 191 Å². The van der Waals surface area contributed by atoms with Crippen molar-refractivity contribution in [3.8, 4) is 23.3 Å². The third-order valence-corrected chi connectivity index (χ3v) is 6.90. The Kier molecular flexibility index (Phi) is 7.07. The molecule has 0 spiro atoms. The molecule has 1 aliphatic rings. The molecule has 4 rings (SSSR count). The number of nitrogens with zero attached hydrogens (tertiary/aromatic N) is 4. The number of hydrogen-bond acceptors (Lipinski definition) is 10. The molecule has 1 aliphatic heterocycles. The molecule has 178 valence electrons. The monoisotopic (exact) mass is 556 g/mol. The highest BCUT2D eigenvalue weighted by molar-refractivity contribution is 9.10. The minimum atomic E-state index is -1.03. The van der Waals surface area contributed by atoms with Crippen LogP contribution >= 0.6 is 27.7 Å². The van der Waals surface area contributed by atoms with E-state index in [0.717, 1.165) is 31.9 Å². The van der Waals surface area contributed by atoms with Crippen LogP contribution < -0.4 is 17.0 Å². The lowest BCUT2D eigenvalue weighted by molar-refractivity contribution is -0.0458. The van der Waals surface area contributed by atoms with Gasteiger partial charge in [0.2, 0.25) is 0 Å². The molecule has 3 heterocycles. The number of aliphatic hydroxyl groups is 2. The van der Waals surface area contributed by atoms with E-state index in [2.05, 4.69) is 25.9 Å². The summed E-state index contributed by atoms with van der Waals surface area (Å²) in [6.45, 7) is -0.461. The summed E-state index contributed by atoms with van der Waals surface area (Å²) in [5.74, 6) is -0.189. The third kappa shape index (κ3) is 4.73. The molecule has 3 aromatic rings. The Balaban J connectivity index is 1.91. The highest BCUT2D eigenvalue weighted by atomic mass is 79.9. The molecular formula is C22H17BrN6O5S. The zero-order valence-corrected chi connectivity index (χ0v) is 20.2. The van der Waals surface area contributed by atoms with Gasteiger partial charge in [0.1, 0.15) is 40.9 Å². The molecule has 0 radical (unpaired) electrons. The van der Waals surface area contributed by atoms with Gasteiger partial charge in [0.25, 0.3) is 5.56 Å². The Morgan fingerprint density at radius 2 is 1.94 bits per heavy atom. The first kappa shape index (κ1) is 24.7. The Hall–Kier alpha value is -3.46. The molecule has 0 aliphatic carbocycles. The van der Waals surface area contributed by atoms with Gasteiger partial charge >= 0.3 is 5.69 Å². The summed E-state index contributed by atoms with van der Waals surface area (Å²) in [6.07, 6.45) is -1.78. The first-order valence-electron chi connectivity index (χ1n) is 10.1. The molecule has 5 N–H and O–H groups in total. The van der Waals surface area contributed by atoms with Gasteiger partial charge in [-0.15, -0.1) is 0 Å². The van der Waals surface area contributed by atoms with Crippen LogP contribution in [0.4, 0.5) is 5.82 Å². The number of hydrogen-bond donors (Lipinski definition) is 4. The predicted molar refractivity (Wildman–Crippen MR) is 128 cm³/mol. The fraction of sp³-hybridized carbons (Fsp3) is 0.227. The average Bonchev–Trinajstić information content (AvgIpc) is 3.20. The minimum absolute atomic E-state index is 0.0179. The number of ether oxygens (including phenoxy) is 1. The van der Waals surface area contributed by atoms with Crippen LogP contribution in [0.25, 0.3) is 11.1 Å². The van der Waals surface area contributed by atoms with Crippen molar-refractivity contribution >= 4 is 33.5 Å². The van der Waals surface area contributed by atoms with Crippen LogP contribution in [0, 0.1) is 22.7 Å². The number of nitrogen functional groups attached to an aromatic ring is 1. The maximum absolute atomic E-state index is 12.9. The second-order valence-corrected chi connectivity index (χ2v) is 9.51. The number of rotatable bonds is 5. The molecular weight excluding hydrogens is 540 g/mol. The zero-order chi connectivity index (χ0) is 25.3. The summed E-state index contributed by atoms with van der Waals surface area (Å²) in [4.78, 5) is 32.5. The molecule has 11 nitrogen and oxygen atoms in total. The van der Waals surface area contributed by atoms with Gasteiger partial charge in [-0.05, 0) is 24.3 Å². The molecule has 13 heteroatoms. The largest absolute Gasteiger partial charge is 0.394 e. The van der Waals surface area contributed by atoms with E-state index in [-0.39, 0.29) is 39.5 Å². The van der Waals surface area contributed by atoms with Gasteiger partial charge < -0.3 is 20.7 Å². The lowest BCUT2D eigenvalue weighted by atomic mass is 9.99. The van der Waals surface area contributed by atoms with Crippen molar-refractivity contribution in [2.45, 2.75) is 34.8 Å². The molecule has 1 unspecified atom stereocenters. The predicted octanol–water partition coefficient (Wildman–Crippen LogP) is 1.48. The van der Waals surface area contributed by atoms with Crippen molar-refractivity contribution in [3.63, 3.8) is 0 Å². The summed E-state index contributed by atoms with van der Waals surface area (Å²) in [6, 6.07) is 11.1. The molecule has 0 amide bonds. The molecule has 0 bridgehead atoms. The third-order valence-electron chi connectivity index (χ3n) is 5.38. The van der Waals surface area contributed by atoms with Gasteiger partial charge in [0.05, 0.1) is 23.8 Å². The highest BCUT2D eigenvalue weighted by Gasteiger charge is 2.35. The van der Waals surface area contributed by atoms with E-state index in [1.54, 1.807) is 24.3 Å². The van der Waals surface area contributed by atoms with Crippen LogP contribution in [-0.4, -0.2) is 43.6 Å². The van der Waals surface area contributed by atoms with Gasteiger partial charge in [0.15, 0.2) is 0 Å². The number of pyridine rings is 1. The summed E-state index contributed by atoms with van der Waals surface area (Å²) in [5, 5.41) is 39.3. The number of halogens is 1. The van der Waals surface area contributed by atoms with Gasteiger partial charge in [-0.25, -0.2) is 9.78 Å². The van der Waals surface area contributed by atoms with E-state index >= 15 is 0 Å². The summed E-state index contributed by atoms with van der Waals surface area (Å²) >= 11 is 4.47. The van der Waals surface area contributed by atoms with Crippen molar-refractivity contribution < 1.29 is 14.9 Å². The number of benzene rings is 1. The fourth-order valence-corrected chi connectivity index (χ4v) is 4.84. The number of H-pyrrole nitrogens is 1. The van der Waals surface area contributed by atoms with Crippen LogP contribution in [0.1, 0.15) is 23.8 Å². The van der Waals surface area contributed by atoms with E-state index in [1.165, 1.54) is 0 Å². The maximum atomic E-state index is 12.9. The Labute approximate surface area is 210 Å². The smallest absolute Gasteiger partial charge is 0.330 e. The maximum Gasteiger partial charge on any atom is 0.330 e. The van der Waals surface area contributed by atoms with Gasteiger partial charge in [-0.2, -0.15) is 10.5 Å². The Morgan fingerprint density at radius 3 is 2.54 bits per heavy atom. The van der Waals surface area contributed by atoms with E-state index in [4.69, 9.17) is 10.5 Å². The van der Waals surface area contributed by atoms with Crippen LogP contribution in [0.3, 0.4) is 0 Å². The molecule has 35 heavy (non-hydrogen) atoms. The lowest BCUT2D eigenvalue weighted by Crippen LogP contribution is -2.33. The summed E-state index contributed by atoms with van der Waals surface area (Å²) in [7, 11) is 0. The lowest BCUT2D eigenvalue weighted by Gasteiger charge is -2.17. The summed E-state index contributed by atoms with van der Waals surface area (Å²) in [5.41, 5.74) is 3.86. The normalized spacial score (nSPS) is 19.3. The Bertz CT molecular complexity index is 1490. The standard InChI is InChI=1S/C22H17BrN6O5S/c23-10-1-3-11(4-2-10)35-21-13(7-25)18(12(6-24)19(26)27-21)14-8-29(22(33)28-20(14)32)17-5-15(31)16(9-30)34-17/h1-4,8,15-17,30-31H,5,9H2,(H2,26,27)(H,28,32,33)/t15?,16-,17-/m1/s1. The second-order valence-electron chi connectivity index (χ2n) is 7.53. The Morgan fingerprint density at radius 1 is 1.26 bits per heavy atom. The van der Waals surface area contributed by atoms with Crippen molar-refractivity contribution in [2.75, 3.05) is 12.3 Å². The average molecular weight is 557 g/mol. The van der Waals surface area contributed by atoms with Crippen molar-refractivity contribution in [2.24, 2.45) is 0 Å². The van der Waals surface area contributed by atoms with Crippen molar-refractivity contribution in [1.82, 2.24) is 14.5 Å². The van der Waals surface area contributed by atoms with E-state index in [1.807, 2.05) is 12.1 Å². The van der Waals surface area contributed by atoms with Crippen molar-refractivity contribution in [3.05, 3.63) is 66.9 Å². The fourth-order valence-electron chi connectivity index (χ4n) is 3.68. The SMILES string of the molecule is N#Cc1c(N)nc(Sc2ccc(Br)cc2)c(C#N)c1-c1cn([C@H]2CC(O)[C@@H](CO)O2)c(=O)[nH]c1=O. The van der Waals surface area contributed by atoms with Crippen molar-refractivity contribution in [1.29, 1.82) is 10.5 Å². The van der Waals surface area contributed by atoms with Gasteiger partial charge in [-0.1, -0.05) is 27.7 Å². The van der Waals surface area contributed by atoms with E-state index in [9.17, 15) is 30.3 Å². The number of anilines is 1. The number of aromatic nitrogens is 3. The molecule has 1 aromatic carbocycles. The molecule has 3 atom stereocenters. The van der Waals surface area contributed by atoms with E-state index < -0.39 is 36.3 Å². The number of nitrogens with two attached hydrogens (primary N) is 1.